The molecule has 0 amide bonds. The Morgan fingerprint density at radius 3 is 2.49 bits per heavy atom. The lowest BCUT2D eigenvalue weighted by Crippen LogP contribution is -2.37. The zero-order valence-electron chi connectivity index (χ0n) is 23.9. The van der Waals surface area contributed by atoms with E-state index >= 15 is 0 Å². The van der Waals surface area contributed by atoms with E-state index in [4.69, 9.17) is 0 Å². The summed E-state index contributed by atoms with van der Waals surface area (Å²) in [5, 5.41) is 40.8. The van der Waals surface area contributed by atoms with Crippen molar-refractivity contribution in [1.29, 1.82) is 0 Å². The van der Waals surface area contributed by atoms with Crippen LogP contribution in [-0.4, -0.2) is 49.6 Å². The van der Waals surface area contributed by atoms with Crippen molar-refractivity contribution < 1.29 is 25.2 Å². The van der Waals surface area contributed by atoms with Crippen molar-refractivity contribution in [2.75, 3.05) is 0 Å². The molecule has 0 radical (unpaired) electrons. The van der Waals surface area contributed by atoms with Gasteiger partial charge in [0.05, 0.1) is 17.8 Å². The Morgan fingerprint density at radius 2 is 1.84 bits per heavy atom. The van der Waals surface area contributed by atoms with E-state index in [-0.39, 0.29) is 11.2 Å². The van der Waals surface area contributed by atoms with Crippen LogP contribution in [0.4, 0.5) is 0 Å². The standard InChI is InChI=1S/C32H52O5/c1-21-24(19-25(33)20-28(21)34)12-11-22-10-8-18-32(6)26(22)14-15-27(32)23(9-7-17-30(2,3)36)13-16-29(35)31(4,5)37/h11-12,23,25-28,33-34,36-37H,1,7-10,13-20H2,2-6H3/b22-11+,24-12-/t23-,25-,26+,27-,28+,32+/m1/s1. The molecule has 3 aliphatic rings. The van der Waals surface area contributed by atoms with Crippen molar-refractivity contribution in [3.63, 3.8) is 0 Å². The number of aliphatic hydroxyl groups is 4. The first-order chi connectivity index (χ1) is 17.1. The Hall–Kier alpha value is -1.27. The van der Waals surface area contributed by atoms with Gasteiger partial charge in [0.2, 0.25) is 0 Å². The van der Waals surface area contributed by atoms with E-state index < -0.39 is 23.4 Å². The van der Waals surface area contributed by atoms with Gasteiger partial charge in [-0.15, -0.1) is 0 Å². The highest BCUT2D eigenvalue weighted by Gasteiger charge is 2.51. The zero-order chi connectivity index (χ0) is 27.6. The highest BCUT2D eigenvalue weighted by molar-refractivity contribution is 5.86. The second kappa shape index (κ2) is 11.9. The third-order valence-electron chi connectivity index (χ3n) is 9.66. The average molecular weight is 517 g/mol. The summed E-state index contributed by atoms with van der Waals surface area (Å²) in [6, 6.07) is 0. The molecule has 37 heavy (non-hydrogen) atoms. The number of carbonyl (C=O) groups excluding carboxylic acids is 1. The minimum absolute atomic E-state index is 0.0902. The number of aliphatic hydroxyl groups excluding tert-OH is 2. The van der Waals surface area contributed by atoms with Crippen molar-refractivity contribution in [2.45, 2.75) is 135 Å². The van der Waals surface area contributed by atoms with Crippen LogP contribution in [0, 0.1) is 23.2 Å². The maximum atomic E-state index is 12.6. The van der Waals surface area contributed by atoms with Crippen molar-refractivity contribution in [3.05, 3.63) is 35.5 Å². The maximum Gasteiger partial charge on any atom is 0.163 e. The van der Waals surface area contributed by atoms with Gasteiger partial charge in [-0.2, -0.15) is 0 Å². The van der Waals surface area contributed by atoms with E-state index in [0.29, 0.717) is 37.0 Å². The van der Waals surface area contributed by atoms with Gasteiger partial charge in [-0.3, -0.25) is 4.79 Å². The average Bonchev–Trinajstić information content (AvgIpc) is 3.13. The van der Waals surface area contributed by atoms with Gasteiger partial charge < -0.3 is 20.4 Å². The van der Waals surface area contributed by atoms with Crippen LogP contribution in [0.5, 0.6) is 0 Å². The van der Waals surface area contributed by atoms with E-state index in [1.807, 2.05) is 13.8 Å². The summed E-state index contributed by atoms with van der Waals surface area (Å²) in [4.78, 5) is 12.6. The van der Waals surface area contributed by atoms with Gasteiger partial charge in [-0.05, 0) is 113 Å². The minimum Gasteiger partial charge on any atom is -0.393 e. The molecule has 0 aromatic carbocycles. The van der Waals surface area contributed by atoms with Gasteiger partial charge in [-0.25, -0.2) is 0 Å². The van der Waals surface area contributed by atoms with Crippen LogP contribution < -0.4 is 0 Å². The molecule has 0 unspecified atom stereocenters. The van der Waals surface area contributed by atoms with Crippen LogP contribution in [0.2, 0.25) is 0 Å². The Labute approximate surface area is 224 Å². The highest BCUT2D eigenvalue weighted by atomic mass is 16.3. The van der Waals surface area contributed by atoms with Crippen molar-refractivity contribution in [3.8, 4) is 0 Å². The number of rotatable bonds is 10. The lowest BCUT2D eigenvalue weighted by Gasteiger charge is -2.45. The van der Waals surface area contributed by atoms with E-state index in [1.165, 1.54) is 12.0 Å². The van der Waals surface area contributed by atoms with Crippen molar-refractivity contribution in [2.24, 2.45) is 23.2 Å². The van der Waals surface area contributed by atoms with Crippen LogP contribution in [0.3, 0.4) is 0 Å². The van der Waals surface area contributed by atoms with Crippen LogP contribution in [0.15, 0.2) is 35.5 Å². The van der Waals surface area contributed by atoms with Gasteiger partial charge in [0.25, 0.3) is 0 Å². The molecule has 6 atom stereocenters. The molecule has 5 nitrogen and oxygen atoms in total. The fourth-order valence-corrected chi connectivity index (χ4v) is 7.48. The fraction of sp³-hybridized carbons (Fsp3) is 0.781. The van der Waals surface area contributed by atoms with Crippen molar-refractivity contribution >= 4 is 5.78 Å². The number of carbonyl (C=O) groups is 1. The molecule has 4 N–H and O–H groups in total. The fourth-order valence-electron chi connectivity index (χ4n) is 7.48. The van der Waals surface area contributed by atoms with Crippen LogP contribution in [0.25, 0.3) is 0 Å². The number of hydrogen-bond acceptors (Lipinski definition) is 5. The molecule has 0 aromatic heterocycles. The van der Waals surface area contributed by atoms with E-state index in [2.05, 4.69) is 25.7 Å². The van der Waals surface area contributed by atoms with E-state index in [1.54, 1.807) is 13.8 Å². The molecule has 0 spiro atoms. The summed E-state index contributed by atoms with van der Waals surface area (Å²) >= 11 is 0. The smallest absolute Gasteiger partial charge is 0.163 e. The van der Waals surface area contributed by atoms with Crippen LogP contribution in [0.1, 0.15) is 112 Å². The molecule has 0 bridgehead atoms. The summed E-state index contributed by atoms with van der Waals surface area (Å²) in [6.07, 6.45) is 13.6. The maximum absolute atomic E-state index is 12.6. The molecule has 3 rings (SSSR count). The number of allylic oxidation sites excluding steroid dienone is 3. The third-order valence-corrected chi connectivity index (χ3v) is 9.66. The lowest BCUT2D eigenvalue weighted by molar-refractivity contribution is -0.134. The Kier molecular flexibility index (Phi) is 9.70. The Balaban J connectivity index is 1.79. The molecule has 0 aliphatic heterocycles. The van der Waals surface area contributed by atoms with Gasteiger partial charge in [-0.1, -0.05) is 44.1 Å². The number of fused-ring (bicyclic) bond motifs is 1. The first-order valence-corrected chi connectivity index (χ1v) is 14.5. The van der Waals surface area contributed by atoms with Gasteiger partial charge in [0.15, 0.2) is 5.78 Å². The summed E-state index contributed by atoms with van der Waals surface area (Å²) < 4.78 is 0. The predicted octanol–water partition coefficient (Wildman–Crippen LogP) is 5.81. The largest absolute Gasteiger partial charge is 0.393 e. The lowest BCUT2D eigenvalue weighted by atomic mass is 9.60. The molecule has 5 heteroatoms. The molecule has 3 saturated carbocycles. The first kappa shape index (κ1) is 30.3. The topological polar surface area (TPSA) is 98.0 Å². The molecule has 3 aliphatic carbocycles. The summed E-state index contributed by atoms with van der Waals surface area (Å²) in [5.41, 5.74) is 1.34. The highest BCUT2D eigenvalue weighted by Crippen LogP contribution is 2.60. The molecule has 0 saturated heterocycles. The quantitative estimate of drug-likeness (QED) is 0.294. The van der Waals surface area contributed by atoms with Crippen LogP contribution in [-0.2, 0) is 4.79 Å². The zero-order valence-corrected chi connectivity index (χ0v) is 23.9. The Morgan fingerprint density at radius 1 is 1.14 bits per heavy atom. The van der Waals surface area contributed by atoms with E-state index in [9.17, 15) is 25.2 Å². The summed E-state index contributed by atoms with van der Waals surface area (Å²) in [5.74, 6) is 1.31. The molecular weight excluding hydrogens is 464 g/mol. The molecule has 3 fully saturated rings. The molecule has 0 aromatic rings. The third kappa shape index (κ3) is 7.65. The summed E-state index contributed by atoms with van der Waals surface area (Å²) in [6.45, 7) is 13.4. The van der Waals surface area contributed by atoms with Crippen molar-refractivity contribution in [1.82, 2.24) is 0 Å². The monoisotopic (exact) mass is 516 g/mol. The first-order valence-electron chi connectivity index (χ1n) is 14.5. The number of hydrogen-bond donors (Lipinski definition) is 4. The predicted molar refractivity (Wildman–Crippen MR) is 149 cm³/mol. The van der Waals surface area contributed by atoms with Crippen LogP contribution >= 0.6 is 0 Å². The van der Waals surface area contributed by atoms with E-state index in [0.717, 1.165) is 62.5 Å². The SMILES string of the molecule is C=C1/C(=C\C=C2/CCC[C@]3(C)[C@@H]([C@H](CCCC(C)(C)O)CCC(=O)C(C)(C)O)CC[C@@H]23)C[C@@H](O)C[C@@H]1O. The summed E-state index contributed by atoms with van der Waals surface area (Å²) in [7, 11) is 0. The second-order valence-electron chi connectivity index (χ2n) is 13.6. The molecule has 210 valence electrons. The normalized spacial score (nSPS) is 34.1. The minimum atomic E-state index is -1.29. The Bertz CT molecular complexity index is 886. The number of Topliss-reactive ketones (excluding diaryl/α,β-unsaturated/α-hetero) is 1. The van der Waals surface area contributed by atoms with Gasteiger partial charge in [0, 0.05) is 12.8 Å². The van der Waals surface area contributed by atoms with Gasteiger partial charge >= 0.3 is 0 Å². The second-order valence-corrected chi connectivity index (χ2v) is 13.6. The number of ketones is 1. The molecule has 0 heterocycles. The molecular formula is C32H52O5. The van der Waals surface area contributed by atoms with Gasteiger partial charge in [0.1, 0.15) is 5.60 Å².